The molecular weight excluding hydrogens is 222 g/mol. The molecule has 3 rings (SSSR count). The first kappa shape index (κ1) is 11.8. The van der Waals surface area contributed by atoms with E-state index in [9.17, 15) is 0 Å². The van der Waals surface area contributed by atoms with Crippen molar-refractivity contribution in [3.05, 3.63) is 42.0 Å². The lowest BCUT2D eigenvalue weighted by atomic mass is 9.78. The van der Waals surface area contributed by atoms with Crippen LogP contribution in [-0.2, 0) is 5.41 Å². The van der Waals surface area contributed by atoms with E-state index in [4.69, 9.17) is 4.74 Å². The molecule has 2 aliphatic rings. The van der Waals surface area contributed by atoms with Gasteiger partial charge in [-0.3, -0.25) is 0 Å². The summed E-state index contributed by atoms with van der Waals surface area (Å²) in [5.41, 5.74) is 1.70. The highest BCUT2D eigenvalue weighted by Crippen LogP contribution is 2.38. The van der Waals surface area contributed by atoms with E-state index < -0.39 is 0 Å². The van der Waals surface area contributed by atoms with Crippen LogP contribution in [0.25, 0.3) is 0 Å². The molecule has 2 heteroatoms. The molecule has 1 saturated carbocycles. The Morgan fingerprint density at radius 3 is 2.39 bits per heavy atom. The van der Waals surface area contributed by atoms with Crippen LogP contribution < -0.4 is 10.1 Å². The number of methoxy groups -OCH3 is 1. The molecule has 0 unspecified atom stereocenters. The van der Waals surface area contributed by atoms with Crippen molar-refractivity contribution >= 4 is 0 Å². The predicted octanol–water partition coefficient (Wildman–Crippen LogP) is 3.04. The number of hydrogen-bond acceptors (Lipinski definition) is 2. The molecule has 1 N–H and O–H groups in total. The Labute approximate surface area is 109 Å². The summed E-state index contributed by atoms with van der Waals surface area (Å²) in [6, 6.07) is 9.38. The average Bonchev–Trinajstić information content (AvgIpc) is 3.14. The van der Waals surface area contributed by atoms with Gasteiger partial charge in [0.2, 0.25) is 0 Å². The zero-order valence-electron chi connectivity index (χ0n) is 11.0. The van der Waals surface area contributed by atoms with Crippen LogP contribution in [0.4, 0.5) is 0 Å². The van der Waals surface area contributed by atoms with Gasteiger partial charge in [0, 0.05) is 18.0 Å². The lowest BCUT2D eigenvalue weighted by Crippen LogP contribution is -2.37. The molecule has 18 heavy (non-hydrogen) atoms. The lowest BCUT2D eigenvalue weighted by Gasteiger charge is -2.30. The van der Waals surface area contributed by atoms with E-state index in [2.05, 4.69) is 41.7 Å². The summed E-state index contributed by atoms with van der Waals surface area (Å²) in [6.45, 7) is 1.09. The second-order valence-electron chi connectivity index (χ2n) is 5.54. The molecule has 0 spiro atoms. The molecule has 1 fully saturated rings. The first-order valence-electron chi connectivity index (χ1n) is 6.85. The van der Waals surface area contributed by atoms with Crippen LogP contribution in [0.2, 0.25) is 0 Å². The molecule has 1 aromatic carbocycles. The number of hydrogen-bond donors (Lipinski definition) is 1. The van der Waals surface area contributed by atoms with Gasteiger partial charge in [-0.05, 0) is 43.4 Å². The van der Waals surface area contributed by atoms with Crippen molar-refractivity contribution in [3.8, 4) is 5.75 Å². The third-order valence-corrected chi connectivity index (χ3v) is 4.19. The molecule has 0 heterocycles. The molecule has 0 radical (unpaired) electrons. The Balaban J connectivity index is 1.78. The van der Waals surface area contributed by atoms with E-state index in [1.165, 1.54) is 18.4 Å². The fraction of sp³-hybridized carbons (Fsp3) is 0.500. The van der Waals surface area contributed by atoms with E-state index in [0.717, 1.165) is 31.2 Å². The summed E-state index contributed by atoms with van der Waals surface area (Å²) in [7, 11) is 1.72. The van der Waals surface area contributed by atoms with Crippen molar-refractivity contribution in [3.63, 3.8) is 0 Å². The summed E-state index contributed by atoms with van der Waals surface area (Å²) < 4.78 is 5.24. The number of nitrogens with one attached hydrogen (secondary N) is 1. The zero-order valence-corrected chi connectivity index (χ0v) is 11.0. The van der Waals surface area contributed by atoms with Gasteiger partial charge in [-0.2, -0.15) is 0 Å². The summed E-state index contributed by atoms with van der Waals surface area (Å²) >= 11 is 0. The number of ether oxygens (including phenoxy) is 1. The van der Waals surface area contributed by atoms with Gasteiger partial charge in [-0.1, -0.05) is 24.3 Å². The number of benzene rings is 1. The van der Waals surface area contributed by atoms with Crippen LogP contribution in [0.1, 0.15) is 31.2 Å². The molecule has 0 atom stereocenters. The van der Waals surface area contributed by atoms with Gasteiger partial charge in [0.05, 0.1) is 7.11 Å². The molecule has 0 aliphatic heterocycles. The van der Waals surface area contributed by atoms with Crippen molar-refractivity contribution in [1.29, 1.82) is 0 Å². The topological polar surface area (TPSA) is 21.3 Å². The Hall–Kier alpha value is -1.28. The van der Waals surface area contributed by atoms with E-state index in [1.54, 1.807) is 7.11 Å². The summed E-state index contributed by atoms with van der Waals surface area (Å²) in [5.74, 6) is 0.940. The largest absolute Gasteiger partial charge is 0.497 e. The van der Waals surface area contributed by atoms with Gasteiger partial charge in [-0.15, -0.1) is 0 Å². The van der Waals surface area contributed by atoms with E-state index >= 15 is 0 Å². The van der Waals surface area contributed by atoms with E-state index in [-0.39, 0.29) is 5.41 Å². The maximum absolute atomic E-state index is 5.24. The normalized spacial score (nSPS) is 21.2. The Morgan fingerprint density at radius 2 is 1.83 bits per heavy atom. The molecule has 1 aromatic rings. The number of rotatable bonds is 5. The maximum Gasteiger partial charge on any atom is 0.118 e. The number of allylic oxidation sites excluding steroid dienone is 2. The Kier molecular flexibility index (Phi) is 3.13. The standard InChI is InChI=1S/C16H21NO/c1-18-15-8-4-13(5-9-15)16(10-2-3-11-16)12-17-14-6-7-14/h2-5,8-9,14,17H,6-7,10-12H2,1H3. The molecule has 0 saturated heterocycles. The molecule has 2 nitrogen and oxygen atoms in total. The maximum atomic E-state index is 5.24. The monoisotopic (exact) mass is 243 g/mol. The van der Waals surface area contributed by atoms with Crippen LogP contribution in [0.3, 0.4) is 0 Å². The van der Waals surface area contributed by atoms with E-state index in [1.807, 2.05) is 0 Å². The average molecular weight is 243 g/mol. The second kappa shape index (κ2) is 4.77. The van der Waals surface area contributed by atoms with Gasteiger partial charge in [0.1, 0.15) is 5.75 Å². The first-order chi connectivity index (χ1) is 8.82. The van der Waals surface area contributed by atoms with Gasteiger partial charge < -0.3 is 10.1 Å². The fourth-order valence-electron chi connectivity index (χ4n) is 2.76. The van der Waals surface area contributed by atoms with Gasteiger partial charge in [-0.25, -0.2) is 0 Å². The highest BCUT2D eigenvalue weighted by atomic mass is 16.5. The highest BCUT2D eigenvalue weighted by Gasteiger charge is 2.34. The fourth-order valence-corrected chi connectivity index (χ4v) is 2.76. The predicted molar refractivity (Wildman–Crippen MR) is 74.1 cm³/mol. The van der Waals surface area contributed by atoms with Crippen molar-refractivity contribution < 1.29 is 4.74 Å². The van der Waals surface area contributed by atoms with Crippen LogP contribution in [0.15, 0.2) is 36.4 Å². The molecular formula is C16H21NO. The van der Waals surface area contributed by atoms with Gasteiger partial charge in [0.15, 0.2) is 0 Å². The SMILES string of the molecule is COc1ccc(C2(CNC3CC3)CC=CC2)cc1. The molecule has 2 aliphatic carbocycles. The minimum Gasteiger partial charge on any atom is -0.497 e. The van der Waals surface area contributed by atoms with E-state index in [0.29, 0.717) is 0 Å². The summed E-state index contributed by atoms with van der Waals surface area (Å²) in [5, 5.41) is 3.70. The van der Waals surface area contributed by atoms with Crippen molar-refractivity contribution in [2.45, 2.75) is 37.1 Å². The van der Waals surface area contributed by atoms with Crippen molar-refractivity contribution in [1.82, 2.24) is 5.32 Å². The summed E-state index contributed by atoms with van der Waals surface area (Å²) in [4.78, 5) is 0. The zero-order chi connectivity index (χ0) is 12.4. The highest BCUT2D eigenvalue weighted by molar-refractivity contribution is 5.35. The smallest absolute Gasteiger partial charge is 0.118 e. The summed E-state index contributed by atoms with van der Waals surface area (Å²) in [6.07, 6.45) is 9.65. The quantitative estimate of drug-likeness (QED) is 0.803. The van der Waals surface area contributed by atoms with Crippen molar-refractivity contribution in [2.75, 3.05) is 13.7 Å². The minimum atomic E-state index is 0.273. The Morgan fingerprint density at radius 1 is 1.17 bits per heavy atom. The van der Waals surface area contributed by atoms with Crippen molar-refractivity contribution in [2.24, 2.45) is 0 Å². The van der Waals surface area contributed by atoms with Gasteiger partial charge in [0.25, 0.3) is 0 Å². The molecule has 0 amide bonds. The van der Waals surface area contributed by atoms with Crippen LogP contribution in [0.5, 0.6) is 5.75 Å². The third kappa shape index (κ3) is 2.30. The third-order valence-electron chi connectivity index (χ3n) is 4.19. The Bertz CT molecular complexity index is 423. The first-order valence-corrected chi connectivity index (χ1v) is 6.85. The molecule has 96 valence electrons. The lowest BCUT2D eigenvalue weighted by molar-refractivity contribution is 0.407. The van der Waals surface area contributed by atoms with Crippen LogP contribution in [0, 0.1) is 0 Å². The minimum absolute atomic E-state index is 0.273. The molecule has 0 aromatic heterocycles. The van der Waals surface area contributed by atoms with Crippen LogP contribution in [-0.4, -0.2) is 19.7 Å². The van der Waals surface area contributed by atoms with Crippen LogP contribution >= 0.6 is 0 Å². The second-order valence-corrected chi connectivity index (χ2v) is 5.54. The van der Waals surface area contributed by atoms with Gasteiger partial charge >= 0.3 is 0 Å². The molecule has 0 bridgehead atoms.